The van der Waals surface area contributed by atoms with Gasteiger partial charge in [-0.25, -0.2) is 4.98 Å². The molecule has 1 fully saturated rings. The van der Waals surface area contributed by atoms with E-state index in [0.717, 1.165) is 31.7 Å². The molecule has 29 heavy (non-hydrogen) atoms. The van der Waals surface area contributed by atoms with Gasteiger partial charge in [-0.3, -0.25) is 14.6 Å². The fraction of sp³-hybridized carbons (Fsp3) is 0.400. The van der Waals surface area contributed by atoms with Crippen molar-refractivity contribution in [3.8, 4) is 11.5 Å². The van der Waals surface area contributed by atoms with Gasteiger partial charge in [-0.1, -0.05) is 0 Å². The fourth-order valence-corrected chi connectivity index (χ4v) is 3.45. The predicted octanol–water partition coefficient (Wildman–Crippen LogP) is 1.22. The number of carbonyl (C=O) groups excluding carboxylic acids is 2. The number of rotatable bonds is 4. The van der Waals surface area contributed by atoms with E-state index < -0.39 is 11.8 Å². The van der Waals surface area contributed by atoms with Gasteiger partial charge >= 0.3 is 11.8 Å². The van der Waals surface area contributed by atoms with E-state index >= 15 is 0 Å². The Morgan fingerprint density at radius 3 is 2.62 bits per heavy atom. The first-order chi connectivity index (χ1) is 14.2. The van der Waals surface area contributed by atoms with Crippen LogP contribution in [0.5, 0.6) is 11.5 Å². The standard InChI is InChI=1S/C20H23N5O4/c26-19(20(27)24-15-1-2-16-17(11-15)29-10-9-28-16)23-12-14-3-7-25(8-4-14)18-13-21-5-6-22-18/h1-2,5-6,11,13-14H,3-4,7-10,12H2,(H,23,26)(H,24,27). The number of fused-ring (bicyclic) bond motifs is 1. The lowest BCUT2D eigenvalue weighted by Crippen LogP contribution is -2.42. The summed E-state index contributed by atoms with van der Waals surface area (Å²) in [5.74, 6) is 1.05. The van der Waals surface area contributed by atoms with Crippen molar-refractivity contribution in [3.05, 3.63) is 36.8 Å². The van der Waals surface area contributed by atoms with Crippen LogP contribution in [-0.4, -0.2) is 54.6 Å². The lowest BCUT2D eigenvalue weighted by atomic mass is 9.97. The Morgan fingerprint density at radius 1 is 1.07 bits per heavy atom. The first-order valence-electron chi connectivity index (χ1n) is 9.69. The number of benzene rings is 1. The highest BCUT2D eigenvalue weighted by Crippen LogP contribution is 2.32. The molecule has 2 N–H and O–H groups in total. The summed E-state index contributed by atoms with van der Waals surface area (Å²) in [6.45, 7) is 3.13. The number of amides is 2. The molecule has 2 aliphatic rings. The molecule has 2 aliphatic heterocycles. The van der Waals surface area contributed by atoms with Gasteiger partial charge in [0.1, 0.15) is 19.0 Å². The number of aromatic nitrogens is 2. The van der Waals surface area contributed by atoms with Crippen molar-refractivity contribution in [1.82, 2.24) is 15.3 Å². The molecular formula is C20H23N5O4. The van der Waals surface area contributed by atoms with Gasteiger partial charge in [-0.2, -0.15) is 0 Å². The number of piperidine rings is 1. The summed E-state index contributed by atoms with van der Waals surface area (Å²) < 4.78 is 10.9. The summed E-state index contributed by atoms with van der Waals surface area (Å²) in [6.07, 6.45) is 6.93. The minimum absolute atomic E-state index is 0.328. The minimum Gasteiger partial charge on any atom is -0.486 e. The van der Waals surface area contributed by atoms with E-state index in [1.165, 1.54) is 0 Å². The number of carbonyl (C=O) groups is 2. The maximum atomic E-state index is 12.2. The third-order valence-corrected chi connectivity index (χ3v) is 5.05. The van der Waals surface area contributed by atoms with E-state index in [0.29, 0.717) is 42.9 Å². The molecule has 0 radical (unpaired) electrons. The van der Waals surface area contributed by atoms with Crippen LogP contribution in [0.15, 0.2) is 36.8 Å². The molecule has 0 unspecified atom stereocenters. The van der Waals surface area contributed by atoms with Crippen LogP contribution >= 0.6 is 0 Å². The zero-order valence-corrected chi connectivity index (χ0v) is 16.0. The SMILES string of the molecule is O=C(NCC1CCN(c2cnccn2)CC1)C(=O)Nc1ccc2c(c1)OCCO2. The number of nitrogens with zero attached hydrogens (tertiary/aromatic N) is 3. The Balaban J connectivity index is 1.22. The molecule has 152 valence electrons. The monoisotopic (exact) mass is 397 g/mol. The normalized spacial score (nSPS) is 16.2. The van der Waals surface area contributed by atoms with E-state index in [1.807, 2.05) is 0 Å². The first-order valence-corrected chi connectivity index (χ1v) is 9.69. The third-order valence-electron chi connectivity index (χ3n) is 5.05. The number of nitrogens with one attached hydrogen (secondary N) is 2. The van der Waals surface area contributed by atoms with Crippen molar-refractivity contribution in [2.24, 2.45) is 5.92 Å². The second-order valence-corrected chi connectivity index (χ2v) is 7.02. The van der Waals surface area contributed by atoms with Crippen molar-refractivity contribution in [3.63, 3.8) is 0 Å². The van der Waals surface area contributed by atoms with E-state index in [4.69, 9.17) is 9.47 Å². The lowest BCUT2D eigenvalue weighted by Gasteiger charge is -2.32. The zero-order chi connectivity index (χ0) is 20.1. The minimum atomic E-state index is -0.696. The predicted molar refractivity (Wildman–Crippen MR) is 106 cm³/mol. The molecule has 0 aliphatic carbocycles. The van der Waals surface area contributed by atoms with Crippen LogP contribution in [0.2, 0.25) is 0 Å². The molecule has 2 amide bonds. The highest BCUT2D eigenvalue weighted by atomic mass is 16.6. The van der Waals surface area contributed by atoms with E-state index in [-0.39, 0.29) is 0 Å². The number of ether oxygens (including phenoxy) is 2. The van der Waals surface area contributed by atoms with Crippen LogP contribution in [0.3, 0.4) is 0 Å². The van der Waals surface area contributed by atoms with Gasteiger partial charge in [0.15, 0.2) is 11.5 Å². The van der Waals surface area contributed by atoms with Crippen LogP contribution in [0, 0.1) is 5.92 Å². The Kier molecular flexibility index (Phi) is 5.73. The van der Waals surface area contributed by atoms with E-state index in [2.05, 4.69) is 25.5 Å². The van der Waals surface area contributed by atoms with Gasteiger partial charge in [-0.15, -0.1) is 0 Å². The van der Waals surface area contributed by atoms with Gasteiger partial charge in [0.25, 0.3) is 0 Å². The maximum absolute atomic E-state index is 12.2. The third kappa shape index (κ3) is 4.74. The van der Waals surface area contributed by atoms with Gasteiger partial charge in [0, 0.05) is 43.8 Å². The number of hydrogen-bond donors (Lipinski definition) is 2. The van der Waals surface area contributed by atoms with E-state index in [1.54, 1.807) is 36.8 Å². The first kappa shape index (κ1) is 19.0. The van der Waals surface area contributed by atoms with Gasteiger partial charge < -0.3 is 25.0 Å². The summed E-state index contributed by atoms with van der Waals surface area (Å²) in [4.78, 5) is 34.9. The molecule has 9 nitrogen and oxygen atoms in total. The van der Waals surface area contributed by atoms with Crippen molar-refractivity contribution in [2.45, 2.75) is 12.8 Å². The Bertz CT molecular complexity index is 868. The molecule has 2 aromatic rings. The lowest BCUT2D eigenvalue weighted by molar-refractivity contribution is -0.136. The van der Waals surface area contributed by atoms with Crippen LogP contribution in [0.25, 0.3) is 0 Å². The fourth-order valence-electron chi connectivity index (χ4n) is 3.45. The van der Waals surface area contributed by atoms with Crippen molar-refractivity contribution in [2.75, 3.05) is 43.1 Å². The Morgan fingerprint density at radius 2 is 1.86 bits per heavy atom. The van der Waals surface area contributed by atoms with Gasteiger partial charge in [0.05, 0.1) is 6.20 Å². The second-order valence-electron chi connectivity index (χ2n) is 7.02. The quantitative estimate of drug-likeness (QED) is 0.747. The van der Waals surface area contributed by atoms with Crippen LogP contribution in [-0.2, 0) is 9.59 Å². The zero-order valence-electron chi connectivity index (χ0n) is 16.0. The summed E-state index contributed by atoms with van der Waals surface area (Å²) in [5, 5.41) is 5.33. The molecule has 0 atom stereocenters. The molecule has 1 aromatic heterocycles. The number of hydrogen-bond acceptors (Lipinski definition) is 7. The largest absolute Gasteiger partial charge is 0.486 e. The van der Waals surface area contributed by atoms with Crippen LogP contribution in [0.1, 0.15) is 12.8 Å². The summed E-state index contributed by atoms with van der Waals surface area (Å²) in [5.41, 5.74) is 0.492. The molecule has 0 bridgehead atoms. The molecular weight excluding hydrogens is 374 g/mol. The summed E-state index contributed by atoms with van der Waals surface area (Å²) in [6, 6.07) is 5.05. The van der Waals surface area contributed by atoms with Gasteiger partial charge in [0.2, 0.25) is 0 Å². The molecule has 0 saturated carbocycles. The maximum Gasteiger partial charge on any atom is 0.313 e. The molecule has 9 heteroatoms. The van der Waals surface area contributed by atoms with E-state index in [9.17, 15) is 9.59 Å². The Hall–Kier alpha value is -3.36. The smallest absolute Gasteiger partial charge is 0.313 e. The van der Waals surface area contributed by atoms with Crippen molar-refractivity contribution < 1.29 is 19.1 Å². The average Bonchev–Trinajstić information content (AvgIpc) is 2.78. The highest BCUT2D eigenvalue weighted by Gasteiger charge is 2.22. The van der Waals surface area contributed by atoms with Crippen molar-refractivity contribution in [1.29, 1.82) is 0 Å². The summed E-state index contributed by atoms with van der Waals surface area (Å²) in [7, 11) is 0. The average molecular weight is 397 g/mol. The van der Waals surface area contributed by atoms with Crippen molar-refractivity contribution >= 4 is 23.3 Å². The highest BCUT2D eigenvalue weighted by molar-refractivity contribution is 6.39. The molecule has 0 spiro atoms. The van der Waals surface area contributed by atoms with Crippen LogP contribution < -0.4 is 25.0 Å². The molecule has 4 rings (SSSR count). The van der Waals surface area contributed by atoms with Gasteiger partial charge in [-0.05, 0) is 30.9 Å². The number of anilines is 2. The molecule has 3 heterocycles. The Labute approximate surface area is 168 Å². The van der Waals surface area contributed by atoms with Crippen LogP contribution in [0.4, 0.5) is 11.5 Å². The summed E-state index contributed by atoms with van der Waals surface area (Å²) >= 11 is 0. The molecule has 1 aromatic carbocycles. The molecule has 1 saturated heterocycles. The second kappa shape index (κ2) is 8.76. The topological polar surface area (TPSA) is 106 Å².